The first-order valence-corrected chi connectivity index (χ1v) is 8.80. The molecule has 1 aromatic carbocycles. The first-order chi connectivity index (χ1) is 10.3. The predicted molar refractivity (Wildman–Crippen MR) is 91.6 cm³/mol. The zero-order valence-electron chi connectivity index (χ0n) is 14.1. The highest BCUT2D eigenvalue weighted by molar-refractivity contribution is 5.22. The van der Waals surface area contributed by atoms with E-state index >= 15 is 0 Å². The van der Waals surface area contributed by atoms with Crippen LogP contribution in [0.2, 0.25) is 0 Å². The number of benzene rings is 1. The fourth-order valence-electron chi connectivity index (χ4n) is 3.40. The molecule has 2 heteroatoms. The molecule has 0 aliphatic carbocycles. The summed E-state index contributed by atoms with van der Waals surface area (Å²) in [7, 11) is 0. The molecule has 21 heavy (non-hydrogen) atoms. The second-order valence-electron chi connectivity index (χ2n) is 6.42. The Morgan fingerprint density at radius 3 is 2.43 bits per heavy atom. The molecule has 0 bridgehead atoms. The highest BCUT2D eigenvalue weighted by Gasteiger charge is 2.27. The third-order valence-corrected chi connectivity index (χ3v) is 4.84. The summed E-state index contributed by atoms with van der Waals surface area (Å²) < 4.78 is 0. The van der Waals surface area contributed by atoms with Gasteiger partial charge in [0.15, 0.2) is 0 Å². The molecule has 1 aliphatic heterocycles. The fraction of sp³-hybridized carbons (Fsp3) is 0.684. The summed E-state index contributed by atoms with van der Waals surface area (Å²) in [5, 5.41) is 3.75. The van der Waals surface area contributed by atoms with E-state index in [1.165, 1.54) is 50.0 Å². The Morgan fingerprint density at radius 2 is 1.81 bits per heavy atom. The summed E-state index contributed by atoms with van der Waals surface area (Å²) >= 11 is 0. The summed E-state index contributed by atoms with van der Waals surface area (Å²) in [6, 6.07) is 9.90. The summed E-state index contributed by atoms with van der Waals surface area (Å²) in [4.78, 5) is 2.64. The average molecular weight is 288 g/mol. The van der Waals surface area contributed by atoms with Crippen molar-refractivity contribution in [3.8, 4) is 0 Å². The van der Waals surface area contributed by atoms with Crippen molar-refractivity contribution in [3.05, 3.63) is 35.4 Å². The quantitative estimate of drug-likeness (QED) is 0.820. The molecule has 1 aliphatic rings. The SMILES string of the molecule is CCCNC1CCN(Cc2ccc(CC)cc2)CC1CC. The van der Waals surface area contributed by atoms with E-state index in [-0.39, 0.29) is 0 Å². The molecule has 0 spiro atoms. The Labute approximate surface area is 130 Å². The Kier molecular flexibility index (Phi) is 6.72. The van der Waals surface area contributed by atoms with Gasteiger partial charge in [-0.05, 0) is 49.4 Å². The van der Waals surface area contributed by atoms with Crippen molar-refractivity contribution in [1.82, 2.24) is 10.2 Å². The molecule has 0 radical (unpaired) electrons. The van der Waals surface area contributed by atoms with Gasteiger partial charge in [0, 0.05) is 19.1 Å². The minimum Gasteiger partial charge on any atom is -0.314 e. The zero-order valence-corrected chi connectivity index (χ0v) is 14.1. The third kappa shape index (κ3) is 4.82. The van der Waals surface area contributed by atoms with Crippen LogP contribution in [0.25, 0.3) is 0 Å². The molecular formula is C19H32N2. The van der Waals surface area contributed by atoms with E-state index in [0.717, 1.165) is 24.9 Å². The van der Waals surface area contributed by atoms with Crippen LogP contribution in [0.3, 0.4) is 0 Å². The van der Waals surface area contributed by atoms with Gasteiger partial charge in [-0.3, -0.25) is 4.90 Å². The maximum Gasteiger partial charge on any atom is 0.0233 e. The molecule has 2 rings (SSSR count). The second kappa shape index (κ2) is 8.55. The first-order valence-electron chi connectivity index (χ1n) is 8.80. The maximum absolute atomic E-state index is 3.75. The minimum absolute atomic E-state index is 0.730. The average Bonchev–Trinajstić information content (AvgIpc) is 2.54. The predicted octanol–water partition coefficient (Wildman–Crippen LogP) is 3.85. The Hall–Kier alpha value is -0.860. The Bertz CT molecular complexity index is 399. The lowest BCUT2D eigenvalue weighted by Crippen LogP contribution is -2.49. The van der Waals surface area contributed by atoms with Gasteiger partial charge >= 0.3 is 0 Å². The first kappa shape index (κ1) is 16.5. The van der Waals surface area contributed by atoms with Crippen LogP contribution in [-0.4, -0.2) is 30.6 Å². The molecule has 0 saturated carbocycles. The molecule has 2 unspecified atom stereocenters. The largest absolute Gasteiger partial charge is 0.314 e. The van der Waals surface area contributed by atoms with Crippen molar-refractivity contribution in [2.75, 3.05) is 19.6 Å². The van der Waals surface area contributed by atoms with Crippen LogP contribution < -0.4 is 5.32 Å². The van der Waals surface area contributed by atoms with Crippen LogP contribution >= 0.6 is 0 Å². The smallest absolute Gasteiger partial charge is 0.0233 e. The van der Waals surface area contributed by atoms with E-state index in [1.54, 1.807) is 0 Å². The van der Waals surface area contributed by atoms with Crippen molar-refractivity contribution in [3.63, 3.8) is 0 Å². The summed E-state index contributed by atoms with van der Waals surface area (Å²) in [6.45, 7) is 11.6. The van der Waals surface area contributed by atoms with Gasteiger partial charge in [-0.1, -0.05) is 51.5 Å². The van der Waals surface area contributed by atoms with Gasteiger partial charge in [0.2, 0.25) is 0 Å². The lowest BCUT2D eigenvalue weighted by Gasteiger charge is -2.39. The number of hydrogen-bond acceptors (Lipinski definition) is 2. The van der Waals surface area contributed by atoms with E-state index in [2.05, 4.69) is 55.3 Å². The van der Waals surface area contributed by atoms with Gasteiger partial charge in [0.05, 0.1) is 0 Å². The molecule has 2 nitrogen and oxygen atoms in total. The zero-order chi connectivity index (χ0) is 15.1. The van der Waals surface area contributed by atoms with Crippen LogP contribution in [0.1, 0.15) is 51.2 Å². The van der Waals surface area contributed by atoms with E-state index in [9.17, 15) is 0 Å². The van der Waals surface area contributed by atoms with Gasteiger partial charge in [-0.15, -0.1) is 0 Å². The summed E-state index contributed by atoms with van der Waals surface area (Å²) in [5.41, 5.74) is 2.90. The second-order valence-corrected chi connectivity index (χ2v) is 6.42. The fourth-order valence-corrected chi connectivity index (χ4v) is 3.40. The van der Waals surface area contributed by atoms with Crippen molar-refractivity contribution >= 4 is 0 Å². The number of piperidine rings is 1. The lowest BCUT2D eigenvalue weighted by atomic mass is 9.89. The minimum atomic E-state index is 0.730. The van der Waals surface area contributed by atoms with E-state index in [0.29, 0.717) is 0 Å². The van der Waals surface area contributed by atoms with Crippen LogP contribution in [0.4, 0.5) is 0 Å². The summed E-state index contributed by atoms with van der Waals surface area (Å²) in [5.74, 6) is 0.806. The van der Waals surface area contributed by atoms with Crippen molar-refractivity contribution < 1.29 is 0 Å². The molecule has 2 atom stereocenters. The van der Waals surface area contributed by atoms with Crippen molar-refractivity contribution in [2.45, 2.75) is 59.0 Å². The van der Waals surface area contributed by atoms with Gasteiger partial charge in [-0.2, -0.15) is 0 Å². The van der Waals surface area contributed by atoms with E-state index < -0.39 is 0 Å². The van der Waals surface area contributed by atoms with E-state index in [4.69, 9.17) is 0 Å². The number of aryl methyl sites for hydroxylation is 1. The lowest BCUT2D eigenvalue weighted by molar-refractivity contribution is 0.129. The molecule has 1 aromatic rings. The molecule has 1 heterocycles. The number of rotatable bonds is 7. The summed E-state index contributed by atoms with van der Waals surface area (Å²) in [6.07, 6.45) is 4.95. The molecule has 1 N–H and O–H groups in total. The number of likely N-dealkylation sites (tertiary alicyclic amines) is 1. The highest BCUT2D eigenvalue weighted by atomic mass is 15.1. The number of nitrogens with one attached hydrogen (secondary N) is 1. The van der Waals surface area contributed by atoms with Gasteiger partial charge in [0.25, 0.3) is 0 Å². The molecule has 1 fully saturated rings. The van der Waals surface area contributed by atoms with Crippen molar-refractivity contribution in [2.24, 2.45) is 5.92 Å². The Morgan fingerprint density at radius 1 is 1.10 bits per heavy atom. The van der Waals surface area contributed by atoms with Crippen LogP contribution in [0.5, 0.6) is 0 Å². The molecule has 0 aromatic heterocycles. The van der Waals surface area contributed by atoms with Gasteiger partial charge < -0.3 is 5.32 Å². The van der Waals surface area contributed by atoms with Crippen LogP contribution in [0, 0.1) is 5.92 Å². The topological polar surface area (TPSA) is 15.3 Å². The molecule has 1 saturated heterocycles. The van der Waals surface area contributed by atoms with Crippen molar-refractivity contribution in [1.29, 1.82) is 0 Å². The third-order valence-electron chi connectivity index (χ3n) is 4.84. The normalized spacial score (nSPS) is 23.4. The Balaban J connectivity index is 1.87. The number of hydrogen-bond donors (Lipinski definition) is 1. The standard InChI is InChI=1S/C19H32N2/c1-4-12-20-19-11-13-21(15-18(19)6-3)14-17-9-7-16(5-2)8-10-17/h7-10,18-20H,4-6,11-15H2,1-3H3. The number of nitrogens with zero attached hydrogens (tertiary/aromatic N) is 1. The van der Waals surface area contributed by atoms with Crippen LogP contribution in [-0.2, 0) is 13.0 Å². The highest BCUT2D eigenvalue weighted by Crippen LogP contribution is 2.22. The molecule has 0 amide bonds. The van der Waals surface area contributed by atoms with Gasteiger partial charge in [-0.25, -0.2) is 0 Å². The molecular weight excluding hydrogens is 256 g/mol. The van der Waals surface area contributed by atoms with Crippen LogP contribution in [0.15, 0.2) is 24.3 Å². The van der Waals surface area contributed by atoms with Gasteiger partial charge in [0.1, 0.15) is 0 Å². The maximum atomic E-state index is 3.75. The monoisotopic (exact) mass is 288 g/mol. The van der Waals surface area contributed by atoms with E-state index in [1.807, 2.05) is 0 Å². The molecule has 118 valence electrons.